The van der Waals surface area contributed by atoms with Crippen molar-refractivity contribution < 1.29 is 9.53 Å². The maximum absolute atomic E-state index is 11.8. The van der Waals surface area contributed by atoms with Gasteiger partial charge in [-0.05, 0) is 38.6 Å². The van der Waals surface area contributed by atoms with Crippen molar-refractivity contribution in [3.63, 3.8) is 0 Å². The summed E-state index contributed by atoms with van der Waals surface area (Å²) in [5.74, 6) is 0.603. The number of ether oxygens (including phenoxy) is 1. The third-order valence-electron chi connectivity index (χ3n) is 2.77. The molecule has 110 valence electrons. The van der Waals surface area contributed by atoms with E-state index in [4.69, 9.17) is 4.74 Å². The Balaban J connectivity index is 2.90. The van der Waals surface area contributed by atoms with Gasteiger partial charge in [0.2, 0.25) is 0 Å². The van der Waals surface area contributed by atoms with Crippen LogP contribution < -0.4 is 15.4 Å². The lowest BCUT2D eigenvalue weighted by Gasteiger charge is -2.19. The number of carbonyl (C=O) groups excluding carboxylic acids is 1. The molecule has 0 aromatic heterocycles. The molecule has 1 aromatic carbocycles. The highest BCUT2D eigenvalue weighted by atomic mass is 79.9. The summed E-state index contributed by atoms with van der Waals surface area (Å²) in [6.45, 7) is 8.39. The van der Waals surface area contributed by atoms with Crippen molar-refractivity contribution in [3.8, 4) is 5.75 Å². The number of nitrogens with one attached hydrogen (secondary N) is 2. The Morgan fingerprint density at radius 1 is 1.55 bits per heavy atom. The fourth-order valence-electron chi connectivity index (χ4n) is 1.84. The van der Waals surface area contributed by atoms with Gasteiger partial charge in [0, 0.05) is 23.1 Å². The predicted octanol–water partition coefficient (Wildman–Crippen LogP) is 2.55. The third-order valence-corrected chi connectivity index (χ3v) is 3.23. The van der Waals surface area contributed by atoms with Crippen molar-refractivity contribution in [2.45, 2.75) is 26.5 Å². The lowest BCUT2D eigenvalue weighted by molar-refractivity contribution is -0.127. The summed E-state index contributed by atoms with van der Waals surface area (Å²) in [7, 11) is 1.88. The summed E-state index contributed by atoms with van der Waals surface area (Å²) in [5.41, 5.74) is 2.01. The molecular formula is C15H21BrN2O2. The van der Waals surface area contributed by atoms with E-state index >= 15 is 0 Å². The SMILES string of the molecule is C=CCNC(=O)C(C)Oc1c(C)cc(Br)cc1CNC. The summed E-state index contributed by atoms with van der Waals surface area (Å²) in [6, 6.07) is 3.97. The van der Waals surface area contributed by atoms with E-state index in [1.807, 2.05) is 26.1 Å². The molecule has 1 aromatic rings. The lowest BCUT2D eigenvalue weighted by atomic mass is 10.1. The molecule has 0 spiro atoms. The number of hydrogen-bond donors (Lipinski definition) is 2. The van der Waals surface area contributed by atoms with E-state index in [2.05, 4.69) is 33.1 Å². The van der Waals surface area contributed by atoms with Crippen LogP contribution in [0.15, 0.2) is 29.3 Å². The zero-order valence-electron chi connectivity index (χ0n) is 12.1. The molecule has 0 fully saturated rings. The molecule has 0 radical (unpaired) electrons. The van der Waals surface area contributed by atoms with Crippen LogP contribution in [0.25, 0.3) is 0 Å². The number of hydrogen-bond acceptors (Lipinski definition) is 3. The van der Waals surface area contributed by atoms with Gasteiger partial charge in [-0.2, -0.15) is 0 Å². The molecule has 0 aliphatic rings. The van der Waals surface area contributed by atoms with Gasteiger partial charge in [0.1, 0.15) is 5.75 Å². The molecule has 0 saturated carbocycles. The van der Waals surface area contributed by atoms with Gasteiger partial charge in [-0.3, -0.25) is 4.79 Å². The lowest BCUT2D eigenvalue weighted by Crippen LogP contribution is -2.36. The van der Waals surface area contributed by atoms with Gasteiger partial charge in [0.05, 0.1) is 0 Å². The Labute approximate surface area is 128 Å². The minimum atomic E-state index is -0.551. The number of aryl methyl sites for hydroxylation is 1. The first-order valence-corrected chi connectivity index (χ1v) is 7.27. The summed E-state index contributed by atoms with van der Waals surface area (Å²) in [4.78, 5) is 11.8. The number of carbonyl (C=O) groups is 1. The molecule has 0 aliphatic carbocycles. The Morgan fingerprint density at radius 2 is 2.25 bits per heavy atom. The van der Waals surface area contributed by atoms with E-state index in [1.165, 1.54) is 0 Å². The topological polar surface area (TPSA) is 50.4 Å². The molecule has 1 atom stereocenters. The Kier molecular flexibility index (Phi) is 6.75. The quantitative estimate of drug-likeness (QED) is 0.750. The highest BCUT2D eigenvalue weighted by molar-refractivity contribution is 9.10. The van der Waals surface area contributed by atoms with E-state index in [0.29, 0.717) is 13.1 Å². The van der Waals surface area contributed by atoms with Crippen molar-refractivity contribution in [2.75, 3.05) is 13.6 Å². The van der Waals surface area contributed by atoms with E-state index in [1.54, 1.807) is 13.0 Å². The zero-order chi connectivity index (χ0) is 15.1. The van der Waals surface area contributed by atoms with Gasteiger partial charge in [-0.1, -0.05) is 22.0 Å². The maximum Gasteiger partial charge on any atom is 0.261 e. The molecule has 4 nitrogen and oxygen atoms in total. The van der Waals surface area contributed by atoms with Crippen LogP contribution in [0.1, 0.15) is 18.1 Å². The fraction of sp³-hybridized carbons (Fsp3) is 0.400. The summed E-state index contributed by atoms with van der Waals surface area (Å²) in [6.07, 6.45) is 1.09. The predicted molar refractivity (Wildman–Crippen MR) is 84.9 cm³/mol. The van der Waals surface area contributed by atoms with Crippen LogP contribution in [-0.2, 0) is 11.3 Å². The molecule has 1 amide bonds. The van der Waals surface area contributed by atoms with E-state index in [0.717, 1.165) is 21.3 Å². The minimum Gasteiger partial charge on any atom is -0.480 e. The number of rotatable bonds is 7. The molecule has 5 heteroatoms. The largest absolute Gasteiger partial charge is 0.480 e. The van der Waals surface area contributed by atoms with Gasteiger partial charge in [-0.25, -0.2) is 0 Å². The van der Waals surface area contributed by atoms with Crippen LogP contribution in [-0.4, -0.2) is 25.6 Å². The first-order chi connectivity index (χ1) is 9.49. The third kappa shape index (κ3) is 4.65. The van der Waals surface area contributed by atoms with Crippen LogP contribution in [0.4, 0.5) is 0 Å². The molecule has 1 unspecified atom stereocenters. The highest BCUT2D eigenvalue weighted by Gasteiger charge is 2.17. The van der Waals surface area contributed by atoms with E-state index in [9.17, 15) is 4.79 Å². The van der Waals surface area contributed by atoms with Gasteiger partial charge >= 0.3 is 0 Å². The second-order valence-corrected chi connectivity index (χ2v) is 5.45. The molecule has 0 aliphatic heterocycles. The van der Waals surface area contributed by atoms with Crippen molar-refractivity contribution >= 4 is 21.8 Å². The molecular weight excluding hydrogens is 320 g/mol. The fourth-order valence-corrected chi connectivity index (χ4v) is 2.46. The normalized spacial score (nSPS) is 11.8. The average molecular weight is 341 g/mol. The highest BCUT2D eigenvalue weighted by Crippen LogP contribution is 2.29. The first-order valence-electron chi connectivity index (χ1n) is 6.48. The van der Waals surface area contributed by atoms with Gasteiger partial charge in [-0.15, -0.1) is 6.58 Å². The minimum absolute atomic E-state index is 0.150. The summed E-state index contributed by atoms with van der Waals surface area (Å²) < 4.78 is 6.83. The number of halogens is 1. The monoisotopic (exact) mass is 340 g/mol. The standard InChI is InChI=1S/C15H21BrN2O2/c1-5-6-18-15(19)11(3)20-14-10(2)7-13(16)8-12(14)9-17-4/h5,7-8,11,17H,1,6,9H2,2-4H3,(H,18,19). The second-order valence-electron chi connectivity index (χ2n) is 4.54. The number of benzene rings is 1. The van der Waals surface area contributed by atoms with Crippen molar-refractivity contribution in [2.24, 2.45) is 0 Å². The number of amides is 1. The van der Waals surface area contributed by atoms with Crippen LogP contribution >= 0.6 is 15.9 Å². The molecule has 0 heterocycles. The smallest absolute Gasteiger partial charge is 0.261 e. The maximum atomic E-state index is 11.8. The molecule has 0 saturated heterocycles. The molecule has 1 rings (SSSR count). The average Bonchev–Trinajstić information content (AvgIpc) is 2.39. The molecule has 2 N–H and O–H groups in total. The molecule has 0 bridgehead atoms. The van der Waals surface area contributed by atoms with Gasteiger partial charge in [0.25, 0.3) is 5.91 Å². The zero-order valence-corrected chi connectivity index (χ0v) is 13.7. The van der Waals surface area contributed by atoms with E-state index < -0.39 is 6.10 Å². The van der Waals surface area contributed by atoms with Crippen molar-refractivity contribution in [1.29, 1.82) is 0 Å². The van der Waals surface area contributed by atoms with Crippen LogP contribution in [0.5, 0.6) is 5.75 Å². The van der Waals surface area contributed by atoms with Crippen LogP contribution in [0.2, 0.25) is 0 Å². The van der Waals surface area contributed by atoms with Gasteiger partial charge in [0.15, 0.2) is 6.10 Å². The van der Waals surface area contributed by atoms with Gasteiger partial charge < -0.3 is 15.4 Å². The van der Waals surface area contributed by atoms with Crippen molar-refractivity contribution in [3.05, 3.63) is 40.4 Å². The van der Waals surface area contributed by atoms with Crippen molar-refractivity contribution in [1.82, 2.24) is 10.6 Å². The second kappa shape index (κ2) is 8.07. The van der Waals surface area contributed by atoms with Crippen LogP contribution in [0.3, 0.4) is 0 Å². The first kappa shape index (κ1) is 16.7. The Bertz CT molecular complexity index is 489. The summed E-state index contributed by atoms with van der Waals surface area (Å²) in [5, 5.41) is 5.83. The Morgan fingerprint density at radius 3 is 2.85 bits per heavy atom. The molecule has 20 heavy (non-hydrogen) atoms. The Hall–Kier alpha value is -1.33. The van der Waals surface area contributed by atoms with Crippen LogP contribution in [0, 0.1) is 6.92 Å². The summed E-state index contributed by atoms with van der Waals surface area (Å²) >= 11 is 3.47. The van der Waals surface area contributed by atoms with E-state index in [-0.39, 0.29) is 5.91 Å².